The molecule has 0 spiro atoms. The molecule has 2 aromatic rings. The number of thiophene rings is 1. The van der Waals surface area contributed by atoms with E-state index in [2.05, 4.69) is 5.32 Å². The van der Waals surface area contributed by atoms with Gasteiger partial charge in [0.1, 0.15) is 0 Å². The van der Waals surface area contributed by atoms with Gasteiger partial charge < -0.3 is 15.3 Å². The number of amides is 1. The lowest BCUT2D eigenvalue weighted by atomic mass is 10.1. The molecule has 1 amide bonds. The maximum Gasteiger partial charge on any atom is 0.255 e. The predicted octanol–water partition coefficient (Wildman–Crippen LogP) is 2.09. The average Bonchev–Trinajstić information content (AvgIpc) is 3.15. The number of carbonyl (C=O) groups is 1. The summed E-state index contributed by atoms with van der Waals surface area (Å²) in [6, 6.07) is 8.32. The molecule has 1 atom stereocenters. The number of hydrogen-bond acceptors (Lipinski definition) is 4. The summed E-state index contributed by atoms with van der Waals surface area (Å²) in [5.74, 6) is 0.0233. The molecule has 5 heteroatoms. The molecule has 0 radical (unpaired) electrons. The van der Waals surface area contributed by atoms with Gasteiger partial charge in [0, 0.05) is 34.6 Å². The molecule has 1 aliphatic heterocycles. The monoisotopic (exact) mass is 304 g/mol. The molecule has 1 fully saturated rings. The van der Waals surface area contributed by atoms with Crippen LogP contribution >= 0.6 is 11.3 Å². The van der Waals surface area contributed by atoms with Crippen LogP contribution in [0, 0.1) is 0 Å². The topological polar surface area (TPSA) is 52.6 Å². The third kappa shape index (κ3) is 3.10. The van der Waals surface area contributed by atoms with E-state index < -0.39 is 0 Å². The van der Waals surface area contributed by atoms with E-state index in [-0.39, 0.29) is 12.5 Å². The highest BCUT2D eigenvalue weighted by Crippen LogP contribution is 2.26. The van der Waals surface area contributed by atoms with Crippen molar-refractivity contribution in [3.05, 3.63) is 35.2 Å². The highest BCUT2D eigenvalue weighted by molar-refractivity contribution is 7.17. The fraction of sp³-hybridized carbons (Fsp3) is 0.438. The number of aliphatic hydroxyl groups is 1. The second kappa shape index (κ2) is 6.56. The molecule has 0 saturated carbocycles. The van der Waals surface area contributed by atoms with Crippen molar-refractivity contribution in [2.75, 3.05) is 26.2 Å². The fourth-order valence-corrected chi connectivity index (χ4v) is 3.82. The summed E-state index contributed by atoms with van der Waals surface area (Å²) < 4.78 is 1.13. The minimum atomic E-state index is 0.000525. The first-order valence-electron chi connectivity index (χ1n) is 7.39. The largest absolute Gasteiger partial charge is 0.395 e. The molecule has 0 aliphatic carbocycles. The summed E-state index contributed by atoms with van der Waals surface area (Å²) in [5, 5.41) is 15.6. The SMILES string of the molecule is O=C(c1csc2ccccc12)N(CCO)CC1CCCN1. The van der Waals surface area contributed by atoms with Gasteiger partial charge in [-0.3, -0.25) is 4.79 Å². The van der Waals surface area contributed by atoms with Crippen molar-refractivity contribution >= 4 is 27.3 Å². The lowest BCUT2D eigenvalue weighted by Gasteiger charge is -2.25. The van der Waals surface area contributed by atoms with Crippen LogP contribution in [-0.2, 0) is 0 Å². The molecule has 1 saturated heterocycles. The van der Waals surface area contributed by atoms with Crippen LogP contribution in [0.25, 0.3) is 10.1 Å². The van der Waals surface area contributed by atoms with Gasteiger partial charge in [0.2, 0.25) is 0 Å². The first kappa shape index (κ1) is 14.5. The normalized spacial score (nSPS) is 18.2. The number of nitrogens with one attached hydrogen (secondary N) is 1. The Bertz CT molecular complexity index is 620. The third-order valence-electron chi connectivity index (χ3n) is 3.97. The summed E-state index contributed by atoms with van der Waals surface area (Å²) in [7, 11) is 0. The van der Waals surface area contributed by atoms with Crippen LogP contribution in [-0.4, -0.2) is 48.2 Å². The van der Waals surface area contributed by atoms with Gasteiger partial charge >= 0.3 is 0 Å². The Morgan fingerprint density at radius 1 is 1.43 bits per heavy atom. The van der Waals surface area contributed by atoms with Crippen LogP contribution in [0.5, 0.6) is 0 Å². The summed E-state index contributed by atoms with van der Waals surface area (Å²) in [6.07, 6.45) is 2.26. The minimum absolute atomic E-state index is 0.000525. The van der Waals surface area contributed by atoms with E-state index in [1.54, 1.807) is 16.2 Å². The zero-order valence-electron chi connectivity index (χ0n) is 11.9. The van der Waals surface area contributed by atoms with Gasteiger partial charge in [-0.2, -0.15) is 0 Å². The lowest BCUT2D eigenvalue weighted by molar-refractivity contribution is 0.0709. The van der Waals surface area contributed by atoms with E-state index in [9.17, 15) is 9.90 Å². The van der Waals surface area contributed by atoms with E-state index in [0.29, 0.717) is 19.1 Å². The second-order valence-electron chi connectivity index (χ2n) is 5.41. The zero-order chi connectivity index (χ0) is 14.7. The van der Waals surface area contributed by atoms with Crippen LogP contribution in [0.4, 0.5) is 0 Å². The average molecular weight is 304 g/mol. The highest BCUT2D eigenvalue weighted by Gasteiger charge is 2.23. The first-order valence-corrected chi connectivity index (χ1v) is 8.27. The summed E-state index contributed by atoms with van der Waals surface area (Å²) >= 11 is 1.59. The van der Waals surface area contributed by atoms with E-state index in [1.165, 1.54) is 0 Å². The Kier molecular flexibility index (Phi) is 4.53. The Balaban J connectivity index is 1.82. The van der Waals surface area contributed by atoms with Crippen molar-refractivity contribution < 1.29 is 9.90 Å². The number of carbonyl (C=O) groups excluding carboxylic acids is 1. The van der Waals surface area contributed by atoms with Gasteiger partial charge in [0.05, 0.1) is 12.2 Å². The van der Waals surface area contributed by atoms with Crippen LogP contribution in [0.2, 0.25) is 0 Å². The predicted molar refractivity (Wildman–Crippen MR) is 85.8 cm³/mol. The fourth-order valence-electron chi connectivity index (χ4n) is 2.89. The van der Waals surface area contributed by atoms with Gasteiger partial charge in [-0.15, -0.1) is 11.3 Å². The number of fused-ring (bicyclic) bond motifs is 1. The molecule has 2 N–H and O–H groups in total. The van der Waals surface area contributed by atoms with Crippen molar-refractivity contribution in [2.24, 2.45) is 0 Å². The van der Waals surface area contributed by atoms with E-state index in [0.717, 1.165) is 35.0 Å². The number of rotatable bonds is 5. The highest BCUT2D eigenvalue weighted by atomic mass is 32.1. The second-order valence-corrected chi connectivity index (χ2v) is 6.32. The standard InChI is InChI=1S/C16H20N2O2S/c19-9-8-18(10-12-4-3-7-17-12)16(20)14-11-21-15-6-2-1-5-13(14)15/h1-2,5-6,11-12,17,19H,3-4,7-10H2. The van der Waals surface area contributed by atoms with Gasteiger partial charge in [-0.1, -0.05) is 18.2 Å². The molecule has 4 nitrogen and oxygen atoms in total. The number of benzene rings is 1. The van der Waals surface area contributed by atoms with Gasteiger partial charge in [0.25, 0.3) is 5.91 Å². The van der Waals surface area contributed by atoms with Crippen molar-refractivity contribution in [2.45, 2.75) is 18.9 Å². The van der Waals surface area contributed by atoms with Crippen LogP contribution in [0.3, 0.4) is 0 Å². The molecule has 112 valence electrons. The molecule has 0 bridgehead atoms. The van der Waals surface area contributed by atoms with Gasteiger partial charge in [0.15, 0.2) is 0 Å². The number of aliphatic hydroxyl groups excluding tert-OH is 1. The molecule has 1 unspecified atom stereocenters. The zero-order valence-corrected chi connectivity index (χ0v) is 12.7. The Morgan fingerprint density at radius 2 is 2.29 bits per heavy atom. The molecule has 1 aromatic carbocycles. The van der Waals surface area contributed by atoms with Crippen molar-refractivity contribution in [3.63, 3.8) is 0 Å². The molecule has 2 heterocycles. The molecular weight excluding hydrogens is 284 g/mol. The Labute approximate surface area is 128 Å². The smallest absolute Gasteiger partial charge is 0.255 e. The summed E-state index contributed by atoms with van der Waals surface area (Å²) in [5.41, 5.74) is 0.752. The van der Waals surface area contributed by atoms with Crippen molar-refractivity contribution in [1.29, 1.82) is 0 Å². The maximum absolute atomic E-state index is 12.8. The summed E-state index contributed by atoms with van der Waals surface area (Å²) in [4.78, 5) is 14.6. The van der Waals surface area contributed by atoms with Gasteiger partial charge in [-0.25, -0.2) is 0 Å². The van der Waals surface area contributed by atoms with E-state index in [4.69, 9.17) is 0 Å². The van der Waals surface area contributed by atoms with Crippen LogP contribution in [0.15, 0.2) is 29.6 Å². The summed E-state index contributed by atoms with van der Waals surface area (Å²) in [6.45, 7) is 2.08. The lowest BCUT2D eigenvalue weighted by Crippen LogP contribution is -2.42. The Morgan fingerprint density at radius 3 is 3.05 bits per heavy atom. The maximum atomic E-state index is 12.8. The van der Waals surface area contributed by atoms with Gasteiger partial charge in [-0.05, 0) is 25.5 Å². The molecule has 1 aliphatic rings. The van der Waals surface area contributed by atoms with Crippen LogP contribution < -0.4 is 5.32 Å². The van der Waals surface area contributed by atoms with E-state index >= 15 is 0 Å². The number of hydrogen-bond donors (Lipinski definition) is 2. The van der Waals surface area contributed by atoms with Crippen molar-refractivity contribution in [3.8, 4) is 0 Å². The molecular formula is C16H20N2O2S. The first-order chi connectivity index (χ1) is 10.3. The Hall–Kier alpha value is -1.43. The quantitative estimate of drug-likeness (QED) is 0.889. The minimum Gasteiger partial charge on any atom is -0.395 e. The molecule has 21 heavy (non-hydrogen) atoms. The van der Waals surface area contributed by atoms with Crippen LogP contribution in [0.1, 0.15) is 23.2 Å². The molecule has 1 aromatic heterocycles. The number of nitrogens with zero attached hydrogens (tertiary/aromatic N) is 1. The van der Waals surface area contributed by atoms with Crippen molar-refractivity contribution in [1.82, 2.24) is 10.2 Å². The third-order valence-corrected chi connectivity index (χ3v) is 4.94. The molecule has 3 rings (SSSR count). The van der Waals surface area contributed by atoms with E-state index in [1.807, 2.05) is 29.6 Å².